The molecule has 2 heterocycles. The lowest BCUT2D eigenvalue weighted by Crippen LogP contribution is -2.31. The zero-order chi connectivity index (χ0) is 33.0. The third-order valence-electron chi connectivity index (χ3n) is 8.66. The van der Waals surface area contributed by atoms with Gasteiger partial charge in [-0.05, 0) is 83.0 Å². The van der Waals surface area contributed by atoms with Crippen LogP contribution in [0, 0.1) is 0 Å². The highest BCUT2D eigenvalue weighted by molar-refractivity contribution is 5.69. The number of nitrogens with one attached hydrogen (secondary N) is 2. The number of carbonyl (C=O) groups excluding carboxylic acids is 1. The number of imidazole rings is 2. The minimum absolute atomic E-state index is 0.104. The van der Waals surface area contributed by atoms with E-state index in [9.17, 15) is 4.79 Å². The molecule has 3 rings (SSSR count). The van der Waals surface area contributed by atoms with Crippen molar-refractivity contribution in [2.24, 2.45) is 0 Å². The first-order chi connectivity index (χ1) is 22.4. The molecule has 2 aromatic heterocycles. The summed E-state index contributed by atoms with van der Waals surface area (Å²) in [7, 11) is 0. The summed E-state index contributed by atoms with van der Waals surface area (Å²) in [5, 5.41) is 0. The van der Waals surface area contributed by atoms with E-state index in [2.05, 4.69) is 98.4 Å². The summed E-state index contributed by atoms with van der Waals surface area (Å²) in [6.45, 7) is 21.6. The zero-order valence-electron chi connectivity index (χ0n) is 29.2. The average molecular weight is 637 g/mol. The molecule has 0 radical (unpaired) electrons. The largest absolute Gasteiger partial charge is 0.464 e. The number of aromatic amines is 2. The molecule has 0 spiro atoms. The molecule has 10 nitrogen and oxygen atoms in total. The van der Waals surface area contributed by atoms with Gasteiger partial charge in [0.2, 0.25) is 0 Å². The van der Waals surface area contributed by atoms with Gasteiger partial charge in [0.1, 0.15) is 18.3 Å². The van der Waals surface area contributed by atoms with Crippen LogP contribution in [0.3, 0.4) is 0 Å². The number of benzene rings is 1. The number of aromatic nitrogens is 4. The predicted octanol–water partition coefficient (Wildman–Crippen LogP) is 5.88. The fourth-order valence-electron chi connectivity index (χ4n) is 5.89. The van der Waals surface area contributed by atoms with Crippen molar-refractivity contribution in [1.82, 2.24) is 39.5 Å². The molecule has 10 heteroatoms. The summed E-state index contributed by atoms with van der Waals surface area (Å²) in [4.78, 5) is 37.7. The second-order valence-corrected chi connectivity index (χ2v) is 12.2. The number of ether oxygens (including phenoxy) is 1. The topological polar surface area (TPSA) is 96.6 Å². The molecule has 0 bridgehead atoms. The molecule has 0 saturated heterocycles. The number of hydrogen-bond donors (Lipinski definition) is 2. The fraction of sp³-hybridized carbons (Fsp3) is 0.639. The summed E-state index contributed by atoms with van der Waals surface area (Å²) < 4.78 is 5.59. The van der Waals surface area contributed by atoms with E-state index in [1.165, 1.54) is 43.5 Å². The number of esters is 1. The van der Waals surface area contributed by atoms with E-state index in [0.29, 0.717) is 26.1 Å². The quantitative estimate of drug-likeness (QED) is 0.0880. The van der Waals surface area contributed by atoms with Gasteiger partial charge in [-0.15, -0.1) is 0 Å². The summed E-state index contributed by atoms with van der Waals surface area (Å²) >= 11 is 0. The predicted molar refractivity (Wildman–Crippen MR) is 186 cm³/mol. The van der Waals surface area contributed by atoms with Crippen LogP contribution in [-0.4, -0.2) is 104 Å². The first kappa shape index (κ1) is 37.4. The van der Waals surface area contributed by atoms with Gasteiger partial charge in [-0.2, -0.15) is 0 Å². The Morgan fingerprint density at radius 3 is 1.96 bits per heavy atom. The van der Waals surface area contributed by atoms with Gasteiger partial charge >= 0.3 is 5.97 Å². The van der Waals surface area contributed by atoms with Crippen molar-refractivity contribution in [2.45, 2.75) is 92.4 Å². The van der Waals surface area contributed by atoms with E-state index < -0.39 is 0 Å². The average Bonchev–Trinajstić information content (AvgIpc) is 3.79. The monoisotopic (exact) mass is 636 g/mol. The van der Waals surface area contributed by atoms with E-state index in [-0.39, 0.29) is 12.0 Å². The highest BCUT2D eigenvalue weighted by atomic mass is 16.5. The molecule has 256 valence electrons. The number of rotatable bonds is 25. The minimum Gasteiger partial charge on any atom is -0.464 e. The molecule has 1 unspecified atom stereocenters. The molecule has 2 N–H and O–H groups in total. The molecule has 0 aliphatic rings. The highest BCUT2D eigenvalue weighted by Gasteiger charge is 2.20. The second kappa shape index (κ2) is 21.7. The number of unbranched alkanes of at least 4 members (excludes halogenated alkanes) is 1. The van der Waals surface area contributed by atoms with Gasteiger partial charge in [0.25, 0.3) is 0 Å². The number of nitrogens with zero attached hydrogens (tertiary/aromatic N) is 6. The van der Waals surface area contributed by atoms with Crippen LogP contribution in [0.5, 0.6) is 0 Å². The van der Waals surface area contributed by atoms with Gasteiger partial charge in [-0.1, -0.05) is 52.0 Å². The number of likely N-dealkylation sites (N-methyl/N-ethyl adjacent to an activating group) is 1. The fourth-order valence-corrected chi connectivity index (χ4v) is 5.89. The Hall–Kier alpha value is -3.05. The summed E-state index contributed by atoms with van der Waals surface area (Å²) in [6.07, 6.45) is 12.4. The summed E-state index contributed by atoms with van der Waals surface area (Å²) in [5.74, 6) is 1.77. The lowest BCUT2D eigenvalue weighted by Gasteiger charge is -2.27. The van der Waals surface area contributed by atoms with E-state index in [1.807, 2.05) is 12.4 Å². The normalized spacial score (nSPS) is 12.5. The highest BCUT2D eigenvalue weighted by Crippen LogP contribution is 2.22. The van der Waals surface area contributed by atoms with Crippen molar-refractivity contribution in [3.8, 4) is 0 Å². The summed E-state index contributed by atoms with van der Waals surface area (Å²) in [5.41, 5.74) is 2.50. The van der Waals surface area contributed by atoms with Gasteiger partial charge in [-0.25, -0.2) is 9.97 Å². The lowest BCUT2D eigenvalue weighted by molar-refractivity contribution is -0.144. The van der Waals surface area contributed by atoms with Gasteiger partial charge in [-0.3, -0.25) is 14.6 Å². The Balaban J connectivity index is 1.59. The molecule has 3 aromatic rings. The maximum absolute atomic E-state index is 12.6. The van der Waals surface area contributed by atoms with Crippen LogP contribution in [0.2, 0.25) is 0 Å². The van der Waals surface area contributed by atoms with Crippen molar-refractivity contribution in [3.63, 3.8) is 0 Å². The van der Waals surface area contributed by atoms with Crippen LogP contribution in [0.1, 0.15) is 95.5 Å². The molecule has 0 amide bonds. The first-order valence-electron chi connectivity index (χ1n) is 17.6. The molecule has 1 aromatic carbocycles. The molecule has 46 heavy (non-hydrogen) atoms. The van der Waals surface area contributed by atoms with Crippen molar-refractivity contribution in [1.29, 1.82) is 0 Å². The number of H-pyrrole nitrogens is 2. The standard InChI is InChI=1S/C36H60N8O2/c1-6-21-42(22-7-2)23-10-11-24-43(25-16-35(45)46-27-26-41(8-3)9-4)28-32-12-14-33(15-13-32)29-44(30-34-37-17-18-38-34)31(5)36-39-19-20-40-36/h12-15,17-20,31H,6-11,16,21-30H2,1-5H3,(H,37,38)(H,39,40). The van der Waals surface area contributed by atoms with Crippen LogP contribution in [0.25, 0.3) is 0 Å². The van der Waals surface area contributed by atoms with E-state index in [0.717, 1.165) is 63.9 Å². The molecular weight excluding hydrogens is 576 g/mol. The first-order valence-corrected chi connectivity index (χ1v) is 17.6. The second-order valence-electron chi connectivity index (χ2n) is 12.2. The minimum atomic E-state index is -0.105. The molecule has 0 saturated carbocycles. The van der Waals surface area contributed by atoms with Crippen molar-refractivity contribution < 1.29 is 9.53 Å². The van der Waals surface area contributed by atoms with E-state index >= 15 is 0 Å². The van der Waals surface area contributed by atoms with E-state index in [1.54, 1.807) is 12.4 Å². The Morgan fingerprint density at radius 1 is 0.739 bits per heavy atom. The smallest absolute Gasteiger partial charge is 0.307 e. The van der Waals surface area contributed by atoms with Crippen LogP contribution < -0.4 is 0 Å². The number of hydrogen-bond acceptors (Lipinski definition) is 8. The van der Waals surface area contributed by atoms with Gasteiger partial charge in [0, 0.05) is 51.0 Å². The van der Waals surface area contributed by atoms with Gasteiger partial charge in [0.15, 0.2) is 0 Å². The SMILES string of the molecule is CCCN(CCC)CCCCN(CCC(=O)OCCN(CC)CC)Cc1ccc(CN(Cc2ncc[nH]2)C(C)c2ncc[nH]2)cc1. The van der Waals surface area contributed by atoms with Gasteiger partial charge in [0.05, 0.1) is 19.0 Å². The molecular formula is C36H60N8O2. The van der Waals surface area contributed by atoms with Crippen LogP contribution in [0.4, 0.5) is 0 Å². The van der Waals surface area contributed by atoms with E-state index in [4.69, 9.17) is 4.74 Å². The third-order valence-corrected chi connectivity index (χ3v) is 8.66. The Morgan fingerprint density at radius 2 is 1.37 bits per heavy atom. The Bertz CT molecular complexity index is 1160. The Labute approximate surface area is 277 Å². The lowest BCUT2D eigenvalue weighted by atomic mass is 10.1. The zero-order valence-corrected chi connectivity index (χ0v) is 29.2. The maximum Gasteiger partial charge on any atom is 0.307 e. The molecule has 0 fully saturated rings. The maximum atomic E-state index is 12.6. The van der Waals surface area contributed by atoms with Crippen LogP contribution in [-0.2, 0) is 29.2 Å². The molecule has 0 aliphatic carbocycles. The van der Waals surface area contributed by atoms with Gasteiger partial charge < -0.3 is 24.5 Å². The number of carbonyl (C=O) groups is 1. The van der Waals surface area contributed by atoms with Crippen molar-refractivity contribution >= 4 is 5.97 Å². The van der Waals surface area contributed by atoms with Crippen LogP contribution in [0.15, 0.2) is 49.1 Å². The molecule has 1 atom stereocenters. The van der Waals surface area contributed by atoms with Crippen molar-refractivity contribution in [3.05, 3.63) is 71.8 Å². The molecule has 0 aliphatic heterocycles. The third kappa shape index (κ3) is 13.7. The van der Waals surface area contributed by atoms with Crippen molar-refractivity contribution in [2.75, 3.05) is 59.0 Å². The summed E-state index contributed by atoms with van der Waals surface area (Å²) in [6, 6.07) is 9.03. The Kier molecular flexibility index (Phi) is 17.6. The van der Waals surface area contributed by atoms with Crippen LogP contribution >= 0.6 is 0 Å².